The summed E-state index contributed by atoms with van der Waals surface area (Å²) in [4.78, 5) is 0. The summed E-state index contributed by atoms with van der Waals surface area (Å²) < 4.78 is 4.94. The number of phenols is 1. The Morgan fingerprint density at radius 2 is 2.33 bits per heavy atom. The fraction of sp³-hybridized carbons (Fsp3) is 0.222. The van der Waals surface area contributed by atoms with Gasteiger partial charge in [0.25, 0.3) is 0 Å². The standard InChI is InChI=1S/C9H9NO2/c1-12-8-2-3-9(11)7(6-8)4-5-10/h2-3,6,11H,4H2,1H3. The molecule has 0 amide bonds. The second-order valence-electron chi connectivity index (χ2n) is 2.33. The van der Waals surface area contributed by atoms with Crippen molar-refractivity contribution in [3.05, 3.63) is 23.8 Å². The van der Waals surface area contributed by atoms with Crippen LogP contribution in [0.4, 0.5) is 0 Å². The number of ether oxygens (including phenoxy) is 1. The van der Waals surface area contributed by atoms with Crippen LogP contribution in [0.15, 0.2) is 18.2 Å². The monoisotopic (exact) mass is 163 g/mol. The van der Waals surface area contributed by atoms with E-state index in [-0.39, 0.29) is 12.2 Å². The lowest BCUT2D eigenvalue weighted by Gasteiger charge is -2.03. The first-order valence-electron chi connectivity index (χ1n) is 3.50. The summed E-state index contributed by atoms with van der Waals surface area (Å²) in [6.45, 7) is 0. The number of hydrogen-bond acceptors (Lipinski definition) is 3. The van der Waals surface area contributed by atoms with Crippen molar-refractivity contribution in [2.45, 2.75) is 6.42 Å². The Morgan fingerprint density at radius 1 is 1.58 bits per heavy atom. The predicted molar refractivity (Wildman–Crippen MR) is 44.0 cm³/mol. The largest absolute Gasteiger partial charge is 0.508 e. The Kier molecular flexibility index (Phi) is 2.54. The molecule has 1 aromatic rings. The Hall–Kier alpha value is -1.69. The van der Waals surface area contributed by atoms with E-state index in [0.29, 0.717) is 11.3 Å². The van der Waals surface area contributed by atoms with Gasteiger partial charge < -0.3 is 9.84 Å². The molecule has 1 rings (SSSR count). The summed E-state index contributed by atoms with van der Waals surface area (Å²) in [7, 11) is 1.54. The summed E-state index contributed by atoms with van der Waals surface area (Å²) in [6, 6.07) is 6.78. The third-order valence-corrected chi connectivity index (χ3v) is 1.56. The van der Waals surface area contributed by atoms with Gasteiger partial charge in [0.1, 0.15) is 11.5 Å². The van der Waals surface area contributed by atoms with Crippen molar-refractivity contribution >= 4 is 0 Å². The third kappa shape index (κ3) is 1.67. The van der Waals surface area contributed by atoms with Gasteiger partial charge in [0.05, 0.1) is 19.6 Å². The molecule has 0 atom stereocenters. The fourth-order valence-corrected chi connectivity index (χ4v) is 0.916. The van der Waals surface area contributed by atoms with Crippen LogP contribution in [-0.2, 0) is 6.42 Å². The van der Waals surface area contributed by atoms with Crippen molar-refractivity contribution in [1.29, 1.82) is 5.26 Å². The van der Waals surface area contributed by atoms with Gasteiger partial charge in [-0.05, 0) is 18.2 Å². The molecular weight excluding hydrogens is 154 g/mol. The van der Waals surface area contributed by atoms with Crippen molar-refractivity contribution in [3.63, 3.8) is 0 Å². The highest BCUT2D eigenvalue weighted by Crippen LogP contribution is 2.22. The van der Waals surface area contributed by atoms with Crippen molar-refractivity contribution in [2.75, 3.05) is 7.11 Å². The Labute approximate surface area is 70.8 Å². The van der Waals surface area contributed by atoms with E-state index in [2.05, 4.69) is 0 Å². The van der Waals surface area contributed by atoms with Gasteiger partial charge in [-0.15, -0.1) is 0 Å². The number of methoxy groups -OCH3 is 1. The zero-order valence-corrected chi connectivity index (χ0v) is 6.74. The number of phenolic OH excluding ortho intramolecular Hbond substituents is 1. The zero-order chi connectivity index (χ0) is 8.97. The molecule has 0 spiro atoms. The van der Waals surface area contributed by atoms with Crippen molar-refractivity contribution in [3.8, 4) is 17.6 Å². The van der Waals surface area contributed by atoms with E-state index in [0.717, 1.165) is 0 Å². The van der Waals surface area contributed by atoms with Crippen LogP contribution in [-0.4, -0.2) is 12.2 Å². The van der Waals surface area contributed by atoms with Crippen LogP contribution in [0.2, 0.25) is 0 Å². The van der Waals surface area contributed by atoms with Gasteiger partial charge in [-0.3, -0.25) is 0 Å². The lowest BCUT2D eigenvalue weighted by molar-refractivity contribution is 0.411. The average Bonchev–Trinajstić information content (AvgIpc) is 2.09. The van der Waals surface area contributed by atoms with Crippen LogP contribution in [0.25, 0.3) is 0 Å². The zero-order valence-electron chi connectivity index (χ0n) is 6.74. The number of nitrogens with zero attached hydrogens (tertiary/aromatic N) is 1. The first-order valence-corrected chi connectivity index (χ1v) is 3.50. The van der Waals surface area contributed by atoms with Crippen LogP contribution in [0.1, 0.15) is 5.56 Å². The van der Waals surface area contributed by atoms with Gasteiger partial charge in [-0.25, -0.2) is 0 Å². The van der Waals surface area contributed by atoms with Crippen LogP contribution >= 0.6 is 0 Å². The Morgan fingerprint density at radius 3 is 2.92 bits per heavy atom. The molecule has 0 bridgehead atoms. The van der Waals surface area contributed by atoms with E-state index in [1.807, 2.05) is 6.07 Å². The second-order valence-corrected chi connectivity index (χ2v) is 2.33. The molecule has 0 aliphatic carbocycles. The number of rotatable bonds is 2. The lowest BCUT2D eigenvalue weighted by Crippen LogP contribution is -1.86. The van der Waals surface area contributed by atoms with Crippen molar-refractivity contribution in [1.82, 2.24) is 0 Å². The SMILES string of the molecule is COc1ccc(O)c(CC#N)c1. The highest BCUT2D eigenvalue weighted by molar-refractivity contribution is 5.40. The maximum atomic E-state index is 9.25. The quantitative estimate of drug-likeness (QED) is 0.718. The van der Waals surface area contributed by atoms with E-state index in [1.54, 1.807) is 19.2 Å². The molecule has 0 unspecified atom stereocenters. The molecule has 12 heavy (non-hydrogen) atoms. The van der Waals surface area contributed by atoms with Gasteiger partial charge in [0.15, 0.2) is 0 Å². The first-order chi connectivity index (χ1) is 5.77. The maximum Gasteiger partial charge on any atom is 0.120 e. The maximum absolute atomic E-state index is 9.25. The minimum atomic E-state index is 0.136. The van der Waals surface area contributed by atoms with Gasteiger partial charge >= 0.3 is 0 Å². The lowest BCUT2D eigenvalue weighted by atomic mass is 10.1. The molecule has 3 nitrogen and oxygen atoms in total. The molecule has 0 saturated carbocycles. The van der Waals surface area contributed by atoms with Crippen molar-refractivity contribution < 1.29 is 9.84 Å². The van der Waals surface area contributed by atoms with Gasteiger partial charge in [0.2, 0.25) is 0 Å². The second kappa shape index (κ2) is 3.63. The molecule has 0 radical (unpaired) electrons. The molecule has 1 aromatic carbocycles. The van der Waals surface area contributed by atoms with Crippen LogP contribution < -0.4 is 4.74 Å². The highest BCUT2D eigenvalue weighted by Gasteiger charge is 2.01. The van der Waals surface area contributed by atoms with Gasteiger partial charge in [-0.1, -0.05) is 0 Å². The predicted octanol–water partition coefficient (Wildman–Crippen LogP) is 1.47. The minimum Gasteiger partial charge on any atom is -0.508 e. The highest BCUT2D eigenvalue weighted by atomic mass is 16.5. The van der Waals surface area contributed by atoms with E-state index >= 15 is 0 Å². The average molecular weight is 163 g/mol. The van der Waals surface area contributed by atoms with Crippen molar-refractivity contribution in [2.24, 2.45) is 0 Å². The third-order valence-electron chi connectivity index (χ3n) is 1.56. The number of nitriles is 1. The molecule has 0 fully saturated rings. The Balaban J connectivity index is 3.01. The molecule has 0 aromatic heterocycles. The molecule has 0 aliphatic heterocycles. The van der Waals surface area contributed by atoms with Gasteiger partial charge in [-0.2, -0.15) is 5.26 Å². The van der Waals surface area contributed by atoms with E-state index in [9.17, 15) is 5.11 Å². The molecule has 0 heterocycles. The van der Waals surface area contributed by atoms with E-state index < -0.39 is 0 Å². The van der Waals surface area contributed by atoms with E-state index in [1.165, 1.54) is 6.07 Å². The summed E-state index contributed by atoms with van der Waals surface area (Å²) in [5, 5.41) is 17.7. The molecule has 1 N–H and O–H groups in total. The number of hydrogen-bond donors (Lipinski definition) is 1. The molecule has 0 aliphatic rings. The van der Waals surface area contributed by atoms with Gasteiger partial charge in [0, 0.05) is 5.56 Å². The summed E-state index contributed by atoms with van der Waals surface area (Å²) in [5.41, 5.74) is 0.594. The molecular formula is C9H9NO2. The summed E-state index contributed by atoms with van der Waals surface area (Å²) in [5.74, 6) is 0.787. The van der Waals surface area contributed by atoms with E-state index in [4.69, 9.17) is 10.00 Å². The first kappa shape index (κ1) is 8.41. The van der Waals surface area contributed by atoms with Crippen LogP contribution in [0.5, 0.6) is 11.5 Å². The molecule has 62 valence electrons. The fourth-order valence-electron chi connectivity index (χ4n) is 0.916. The van der Waals surface area contributed by atoms with Crippen LogP contribution in [0.3, 0.4) is 0 Å². The summed E-state index contributed by atoms with van der Waals surface area (Å²) in [6.07, 6.45) is 0.197. The topological polar surface area (TPSA) is 53.2 Å². The number of aromatic hydroxyl groups is 1. The number of benzene rings is 1. The smallest absolute Gasteiger partial charge is 0.120 e. The van der Waals surface area contributed by atoms with Crippen LogP contribution in [0, 0.1) is 11.3 Å². The normalized spacial score (nSPS) is 9.00. The minimum absolute atomic E-state index is 0.136. The molecule has 3 heteroatoms. The Bertz CT molecular complexity index is 315. The molecule has 0 saturated heterocycles. The summed E-state index contributed by atoms with van der Waals surface area (Å²) >= 11 is 0.